The van der Waals surface area contributed by atoms with Gasteiger partial charge in [-0.2, -0.15) is 0 Å². The molecule has 1 amide bonds. The zero-order chi connectivity index (χ0) is 15.4. The standard InChI is InChI=1S/C14H19Cl2N3O2/c1-21-10-2-4-19(8-10)5-3-13(20)18-14-11(15)6-9(17)7-12(14)16/h6-7,10H,2-5,8,17H2,1H3,(H,18,20). The van der Waals surface area contributed by atoms with E-state index < -0.39 is 0 Å². The summed E-state index contributed by atoms with van der Waals surface area (Å²) in [4.78, 5) is 14.2. The van der Waals surface area contributed by atoms with Crippen molar-refractivity contribution in [2.45, 2.75) is 18.9 Å². The van der Waals surface area contributed by atoms with Gasteiger partial charge in [-0.05, 0) is 18.6 Å². The molecule has 5 nitrogen and oxygen atoms in total. The van der Waals surface area contributed by atoms with Gasteiger partial charge in [-0.25, -0.2) is 0 Å². The predicted molar refractivity (Wildman–Crippen MR) is 86.0 cm³/mol. The first-order valence-corrected chi connectivity index (χ1v) is 7.54. The van der Waals surface area contributed by atoms with Crippen molar-refractivity contribution in [2.75, 3.05) is 37.8 Å². The number of hydrogen-bond acceptors (Lipinski definition) is 4. The number of carbonyl (C=O) groups excluding carboxylic acids is 1. The molecule has 21 heavy (non-hydrogen) atoms. The minimum atomic E-state index is -0.121. The maximum atomic E-state index is 12.0. The summed E-state index contributed by atoms with van der Waals surface area (Å²) in [6.45, 7) is 2.51. The van der Waals surface area contributed by atoms with Crippen LogP contribution in [-0.4, -0.2) is 43.7 Å². The Kier molecular flexibility index (Phi) is 5.70. The van der Waals surface area contributed by atoms with Crippen molar-refractivity contribution in [2.24, 2.45) is 0 Å². The molecule has 0 radical (unpaired) electrons. The summed E-state index contributed by atoms with van der Waals surface area (Å²) >= 11 is 12.1. The third kappa shape index (κ3) is 4.48. The molecule has 1 atom stereocenters. The van der Waals surface area contributed by atoms with Gasteiger partial charge in [0.1, 0.15) is 0 Å². The quantitative estimate of drug-likeness (QED) is 0.814. The third-order valence-electron chi connectivity index (χ3n) is 3.55. The number of carbonyl (C=O) groups is 1. The van der Waals surface area contributed by atoms with Crippen molar-refractivity contribution >= 4 is 40.5 Å². The molecule has 1 saturated heterocycles. The largest absolute Gasteiger partial charge is 0.399 e. The number of benzene rings is 1. The zero-order valence-corrected chi connectivity index (χ0v) is 13.4. The van der Waals surface area contributed by atoms with Crippen LogP contribution in [0.25, 0.3) is 0 Å². The molecule has 1 aromatic carbocycles. The van der Waals surface area contributed by atoms with Gasteiger partial charge in [0.2, 0.25) is 5.91 Å². The van der Waals surface area contributed by atoms with E-state index in [1.807, 2.05) is 0 Å². The second kappa shape index (κ2) is 7.31. The van der Waals surface area contributed by atoms with Crippen LogP contribution in [0.2, 0.25) is 10.0 Å². The highest BCUT2D eigenvalue weighted by molar-refractivity contribution is 6.40. The molecule has 1 heterocycles. The molecule has 0 spiro atoms. The smallest absolute Gasteiger partial charge is 0.225 e. The van der Waals surface area contributed by atoms with Gasteiger partial charge < -0.3 is 20.7 Å². The second-order valence-corrected chi connectivity index (χ2v) is 5.92. The van der Waals surface area contributed by atoms with Gasteiger partial charge in [-0.1, -0.05) is 23.2 Å². The summed E-state index contributed by atoms with van der Waals surface area (Å²) in [5, 5.41) is 3.42. The minimum Gasteiger partial charge on any atom is -0.399 e. The number of nitrogens with one attached hydrogen (secondary N) is 1. The number of hydrogen-bond donors (Lipinski definition) is 2. The Hall–Kier alpha value is -1.01. The molecule has 7 heteroatoms. The number of rotatable bonds is 5. The predicted octanol–water partition coefficient (Wildman–Crippen LogP) is 2.62. The summed E-state index contributed by atoms with van der Waals surface area (Å²) < 4.78 is 5.30. The van der Waals surface area contributed by atoms with Crippen LogP contribution in [0, 0.1) is 0 Å². The van der Waals surface area contributed by atoms with Gasteiger partial charge >= 0.3 is 0 Å². The molecule has 0 saturated carbocycles. The highest BCUT2D eigenvalue weighted by atomic mass is 35.5. The first-order chi connectivity index (χ1) is 9.99. The molecule has 0 bridgehead atoms. The molecule has 0 aliphatic carbocycles. The lowest BCUT2D eigenvalue weighted by atomic mass is 10.2. The third-order valence-corrected chi connectivity index (χ3v) is 4.14. The summed E-state index contributed by atoms with van der Waals surface area (Å²) in [5.74, 6) is -0.121. The molecule has 2 rings (SSSR count). The Morgan fingerprint density at radius 3 is 2.71 bits per heavy atom. The molecule has 1 aromatic rings. The van der Waals surface area contributed by atoms with Crippen LogP contribution >= 0.6 is 23.2 Å². The fourth-order valence-electron chi connectivity index (χ4n) is 2.37. The first kappa shape index (κ1) is 16.4. The van der Waals surface area contributed by atoms with Crippen LogP contribution in [0.4, 0.5) is 11.4 Å². The minimum absolute atomic E-state index is 0.121. The Bertz CT molecular complexity index is 502. The molecule has 3 N–H and O–H groups in total. The fourth-order valence-corrected chi connectivity index (χ4v) is 2.96. The number of nitrogens with zero attached hydrogens (tertiary/aromatic N) is 1. The topological polar surface area (TPSA) is 67.6 Å². The van der Waals surface area contributed by atoms with Crippen molar-refractivity contribution in [1.29, 1.82) is 0 Å². The molecule has 1 fully saturated rings. The van der Waals surface area contributed by atoms with E-state index in [1.54, 1.807) is 19.2 Å². The number of anilines is 2. The first-order valence-electron chi connectivity index (χ1n) is 6.79. The zero-order valence-electron chi connectivity index (χ0n) is 11.9. The Morgan fingerprint density at radius 1 is 1.48 bits per heavy atom. The summed E-state index contributed by atoms with van der Waals surface area (Å²) in [6.07, 6.45) is 1.66. The Morgan fingerprint density at radius 2 is 2.14 bits per heavy atom. The number of nitrogens with two attached hydrogens (primary N) is 1. The lowest BCUT2D eigenvalue weighted by Crippen LogP contribution is -2.27. The monoisotopic (exact) mass is 331 g/mol. The molecule has 1 unspecified atom stereocenters. The van der Waals surface area contributed by atoms with Crippen LogP contribution in [0.15, 0.2) is 12.1 Å². The summed E-state index contributed by atoms with van der Waals surface area (Å²) in [6, 6.07) is 3.12. The number of ether oxygens (including phenoxy) is 1. The highest BCUT2D eigenvalue weighted by Crippen LogP contribution is 2.32. The van der Waals surface area contributed by atoms with Gasteiger partial charge in [0.15, 0.2) is 0 Å². The highest BCUT2D eigenvalue weighted by Gasteiger charge is 2.22. The lowest BCUT2D eigenvalue weighted by Gasteiger charge is -2.16. The van der Waals surface area contributed by atoms with E-state index in [-0.39, 0.29) is 12.0 Å². The van der Waals surface area contributed by atoms with Crippen LogP contribution in [-0.2, 0) is 9.53 Å². The average molecular weight is 332 g/mol. The lowest BCUT2D eigenvalue weighted by molar-refractivity contribution is -0.116. The van der Waals surface area contributed by atoms with Gasteiger partial charge in [-0.15, -0.1) is 0 Å². The van der Waals surface area contributed by atoms with Gasteiger partial charge in [0.05, 0.1) is 21.8 Å². The molecule has 1 aliphatic heterocycles. The van der Waals surface area contributed by atoms with Crippen LogP contribution in [0.3, 0.4) is 0 Å². The fraction of sp³-hybridized carbons (Fsp3) is 0.500. The van der Waals surface area contributed by atoms with E-state index in [0.29, 0.717) is 34.4 Å². The van der Waals surface area contributed by atoms with Crippen LogP contribution in [0.5, 0.6) is 0 Å². The molecular formula is C14H19Cl2N3O2. The summed E-state index contributed by atoms with van der Waals surface area (Å²) in [5.41, 5.74) is 6.50. The van der Waals surface area contributed by atoms with Crippen molar-refractivity contribution < 1.29 is 9.53 Å². The number of nitrogen functional groups attached to an aromatic ring is 1. The van der Waals surface area contributed by atoms with E-state index >= 15 is 0 Å². The van der Waals surface area contributed by atoms with Crippen molar-refractivity contribution in [1.82, 2.24) is 4.90 Å². The van der Waals surface area contributed by atoms with Gasteiger partial charge in [-0.3, -0.25) is 4.79 Å². The van der Waals surface area contributed by atoms with E-state index in [2.05, 4.69) is 10.2 Å². The van der Waals surface area contributed by atoms with E-state index in [4.69, 9.17) is 33.7 Å². The SMILES string of the molecule is COC1CCN(CCC(=O)Nc2c(Cl)cc(N)cc2Cl)C1. The Balaban J connectivity index is 1.85. The van der Waals surface area contributed by atoms with E-state index in [1.165, 1.54) is 0 Å². The van der Waals surface area contributed by atoms with Crippen LogP contribution < -0.4 is 11.1 Å². The average Bonchev–Trinajstić information content (AvgIpc) is 2.88. The van der Waals surface area contributed by atoms with Crippen molar-refractivity contribution in [3.63, 3.8) is 0 Å². The van der Waals surface area contributed by atoms with E-state index in [9.17, 15) is 4.79 Å². The molecular weight excluding hydrogens is 313 g/mol. The number of halogens is 2. The number of amides is 1. The van der Waals surface area contributed by atoms with Crippen LogP contribution in [0.1, 0.15) is 12.8 Å². The van der Waals surface area contributed by atoms with Gasteiger partial charge in [0.25, 0.3) is 0 Å². The molecule has 1 aliphatic rings. The maximum Gasteiger partial charge on any atom is 0.225 e. The Labute approximate surface area is 134 Å². The second-order valence-electron chi connectivity index (χ2n) is 5.10. The van der Waals surface area contributed by atoms with Crippen molar-refractivity contribution in [3.05, 3.63) is 22.2 Å². The summed E-state index contributed by atoms with van der Waals surface area (Å²) in [7, 11) is 1.71. The number of methoxy groups -OCH3 is 1. The van der Waals surface area contributed by atoms with Gasteiger partial charge in [0, 0.05) is 38.9 Å². The molecule has 0 aromatic heterocycles. The van der Waals surface area contributed by atoms with Crippen molar-refractivity contribution in [3.8, 4) is 0 Å². The normalized spacial score (nSPS) is 18.9. The molecule has 116 valence electrons. The van der Waals surface area contributed by atoms with E-state index in [0.717, 1.165) is 19.5 Å². The maximum absolute atomic E-state index is 12.0. The number of likely N-dealkylation sites (tertiary alicyclic amines) is 1.